The zero-order valence-electron chi connectivity index (χ0n) is 12.1. The molecule has 0 heterocycles. The molecule has 19 heavy (non-hydrogen) atoms. The standard InChI is InChI=1S/C16H26N2O/c1-18(15-9-7-14(12-17)8-10-15)16(19)11-13-5-3-2-4-6-13/h13-15H,2-11H2,1H3. The van der Waals surface area contributed by atoms with Crippen LogP contribution in [0.15, 0.2) is 0 Å². The predicted octanol–water partition coefficient (Wildman–Crippen LogP) is 3.50. The van der Waals surface area contributed by atoms with Crippen LogP contribution in [0.4, 0.5) is 0 Å². The number of hydrogen-bond acceptors (Lipinski definition) is 2. The minimum absolute atomic E-state index is 0.220. The molecule has 0 spiro atoms. The molecule has 2 aliphatic carbocycles. The summed E-state index contributed by atoms with van der Waals surface area (Å²) < 4.78 is 0. The van der Waals surface area contributed by atoms with E-state index in [1.165, 1.54) is 32.1 Å². The molecule has 2 rings (SSSR count). The predicted molar refractivity (Wildman–Crippen MR) is 75.3 cm³/mol. The van der Waals surface area contributed by atoms with E-state index in [0.717, 1.165) is 32.1 Å². The van der Waals surface area contributed by atoms with E-state index in [1.807, 2.05) is 11.9 Å². The average molecular weight is 262 g/mol. The fourth-order valence-corrected chi connectivity index (χ4v) is 3.58. The summed E-state index contributed by atoms with van der Waals surface area (Å²) >= 11 is 0. The first-order valence-electron chi connectivity index (χ1n) is 7.86. The van der Waals surface area contributed by atoms with Gasteiger partial charge in [-0.1, -0.05) is 19.3 Å². The van der Waals surface area contributed by atoms with Crippen LogP contribution in [-0.2, 0) is 4.79 Å². The normalized spacial score (nSPS) is 28.6. The molecule has 3 heteroatoms. The highest BCUT2D eigenvalue weighted by atomic mass is 16.2. The maximum atomic E-state index is 12.3. The summed E-state index contributed by atoms with van der Waals surface area (Å²) in [4.78, 5) is 14.3. The summed E-state index contributed by atoms with van der Waals surface area (Å²) in [5.74, 6) is 1.17. The second-order valence-electron chi connectivity index (χ2n) is 6.35. The van der Waals surface area contributed by atoms with E-state index in [4.69, 9.17) is 5.26 Å². The van der Waals surface area contributed by atoms with Gasteiger partial charge < -0.3 is 4.90 Å². The minimum atomic E-state index is 0.220. The second-order valence-corrected chi connectivity index (χ2v) is 6.35. The molecule has 0 N–H and O–H groups in total. The van der Waals surface area contributed by atoms with Crippen molar-refractivity contribution < 1.29 is 4.79 Å². The molecular formula is C16H26N2O. The molecule has 0 aromatic rings. The third kappa shape index (κ3) is 3.96. The Labute approximate surface area is 117 Å². The van der Waals surface area contributed by atoms with Crippen molar-refractivity contribution in [1.29, 1.82) is 5.26 Å². The van der Waals surface area contributed by atoms with Gasteiger partial charge in [0.2, 0.25) is 5.91 Å². The molecule has 2 saturated carbocycles. The quantitative estimate of drug-likeness (QED) is 0.781. The molecule has 2 fully saturated rings. The summed E-state index contributed by atoms with van der Waals surface area (Å²) in [6.45, 7) is 0. The third-order valence-corrected chi connectivity index (χ3v) is 5.01. The molecule has 0 atom stereocenters. The first-order valence-corrected chi connectivity index (χ1v) is 7.86. The number of nitrogens with zero attached hydrogens (tertiary/aromatic N) is 2. The van der Waals surface area contributed by atoms with Gasteiger partial charge in [-0.15, -0.1) is 0 Å². The molecule has 1 amide bonds. The number of carbonyl (C=O) groups excluding carboxylic acids is 1. The van der Waals surface area contributed by atoms with Gasteiger partial charge in [0.15, 0.2) is 0 Å². The van der Waals surface area contributed by atoms with Crippen molar-refractivity contribution in [3.8, 4) is 6.07 Å². The first-order chi connectivity index (χ1) is 9.20. The third-order valence-electron chi connectivity index (χ3n) is 5.01. The van der Waals surface area contributed by atoms with Crippen molar-refractivity contribution >= 4 is 5.91 Å². The van der Waals surface area contributed by atoms with Crippen LogP contribution in [-0.4, -0.2) is 23.9 Å². The van der Waals surface area contributed by atoms with Gasteiger partial charge in [0.1, 0.15) is 0 Å². The summed E-state index contributed by atoms with van der Waals surface area (Å²) in [5, 5.41) is 8.91. The Hall–Kier alpha value is -1.04. The smallest absolute Gasteiger partial charge is 0.222 e. The van der Waals surface area contributed by atoms with Crippen LogP contribution in [0.25, 0.3) is 0 Å². The topological polar surface area (TPSA) is 44.1 Å². The summed E-state index contributed by atoms with van der Waals surface area (Å²) in [5.41, 5.74) is 0. The SMILES string of the molecule is CN(C(=O)CC1CCCCC1)C1CCC(C#N)CC1. The fourth-order valence-electron chi connectivity index (χ4n) is 3.58. The summed E-state index contributed by atoms with van der Waals surface area (Å²) in [6, 6.07) is 2.73. The summed E-state index contributed by atoms with van der Waals surface area (Å²) in [6.07, 6.45) is 11.1. The zero-order valence-corrected chi connectivity index (χ0v) is 12.1. The van der Waals surface area contributed by atoms with E-state index in [2.05, 4.69) is 6.07 Å². The van der Waals surface area contributed by atoms with E-state index in [-0.39, 0.29) is 5.92 Å². The first kappa shape index (κ1) is 14.4. The summed E-state index contributed by atoms with van der Waals surface area (Å²) in [7, 11) is 1.96. The number of nitriles is 1. The van der Waals surface area contributed by atoms with Crippen molar-refractivity contribution in [2.75, 3.05) is 7.05 Å². The molecule has 0 aliphatic heterocycles. The molecule has 0 aromatic heterocycles. The largest absolute Gasteiger partial charge is 0.343 e. The average Bonchev–Trinajstić information content (AvgIpc) is 2.47. The van der Waals surface area contributed by atoms with Crippen LogP contribution >= 0.6 is 0 Å². The van der Waals surface area contributed by atoms with E-state index in [1.54, 1.807) is 0 Å². The number of amides is 1. The zero-order chi connectivity index (χ0) is 13.7. The molecule has 0 bridgehead atoms. The van der Waals surface area contributed by atoms with Gasteiger partial charge in [-0.25, -0.2) is 0 Å². The lowest BCUT2D eigenvalue weighted by Crippen LogP contribution is -2.40. The highest BCUT2D eigenvalue weighted by Gasteiger charge is 2.27. The van der Waals surface area contributed by atoms with Gasteiger partial charge in [0.05, 0.1) is 6.07 Å². The lowest BCUT2D eigenvalue weighted by molar-refractivity contribution is -0.133. The van der Waals surface area contributed by atoms with Crippen LogP contribution < -0.4 is 0 Å². The Kier molecular flexibility index (Phi) is 5.24. The molecule has 0 aromatic carbocycles. The van der Waals surface area contributed by atoms with Crippen molar-refractivity contribution in [3.05, 3.63) is 0 Å². The monoisotopic (exact) mass is 262 g/mol. The maximum Gasteiger partial charge on any atom is 0.222 e. The van der Waals surface area contributed by atoms with Crippen molar-refractivity contribution in [2.45, 2.75) is 70.3 Å². The van der Waals surface area contributed by atoms with Gasteiger partial charge in [-0.05, 0) is 44.4 Å². The maximum absolute atomic E-state index is 12.3. The Morgan fingerprint density at radius 2 is 1.74 bits per heavy atom. The van der Waals surface area contributed by atoms with Crippen molar-refractivity contribution in [2.24, 2.45) is 11.8 Å². The molecule has 3 nitrogen and oxygen atoms in total. The van der Waals surface area contributed by atoms with Crippen LogP contribution in [0.3, 0.4) is 0 Å². The molecule has 0 radical (unpaired) electrons. The lowest BCUT2D eigenvalue weighted by Gasteiger charge is -2.34. The molecule has 106 valence electrons. The highest BCUT2D eigenvalue weighted by molar-refractivity contribution is 5.76. The van der Waals surface area contributed by atoms with E-state index >= 15 is 0 Å². The van der Waals surface area contributed by atoms with Crippen molar-refractivity contribution in [3.63, 3.8) is 0 Å². The Bertz CT molecular complexity index is 333. The van der Waals surface area contributed by atoms with Gasteiger partial charge >= 0.3 is 0 Å². The van der Waals surface area contributed by atoms with Crippen LogP contribution in [0.1, 0.15) is 64.2 Å². The Balaban J connectivity index is 1.77. The van der Waals surface area contributed by atoms with Crippen LogP contribution in [0.2, 0.25) is 0 Å². The Morgan fingerprint density at radius 1 is 1.11 bits per heavy atom. The Morgan fingerprint density at radius 3 is 2.32 bits per heavy atom. The van der Waals surface area contributed by atoms with Crippen LogP contribution in [0.5, 0.6) is 0 Å². The lowest BCUT2D eigenvalue weighted by atomic mass is 9.84. The van der Waals surface area contributed by atoms with E-state index < -0.39 is 0 Å². The van der Waals surface area contributed by atoms with E-state index in [9.17, 15) is 4.79 Å². The highest BCUT2D eigenvalue weighted by Crippen LogP contribution is 2.29. The molecule has 0 unspecified atom stereocenters. The molecular weight excluding hydrogens is 236 g/mol. The minimum Gasteiger partial charge on any atom is -0.343 e. The number of rotatable bonds is 3. The second kappa shape index (κ2) is 6.93. The van der Waals surface area contributed by atoms with E-state index in [0.29, 0.717) is 17.9 Å². The number of carbonyl (C=O) groups is 1. The molecule has 0 saturated heterocycles. The fraction of sp³-hybridized carbons (Fsp3) is 0.875. The number of hydrogen-bond donors (Lipinski definition) is 0. The molecule has 2 aliphatic rings. The van der Waals surface area contributed by atoms with Gasteiger partial charge in [-0.3, -0.25) is 4.79 Å². The van der Waals surface area contributed by atoms with Crippen molar-refractivity contribution in [1.82, 2.24) is 4.90 Å². The van der Waals surface area contributed by atoms with Gasteiger partial charge in [0.25, 0.3) is 0 Å². The van der Waals surface area contributed by atoms with Crippen LogP contribution in [0, 0.1) is 23.2 Å². The van der Waals surface area contributed by atoms with Gasteiger partial charge in [-0.2, -0.15) is 5.26 Å². The van der Waals surface area contributed by atoms with Gasteiger partial charge in [0, 0.05) is 25.4 Å².